The summed E-state index contributed by atoms with van der Waals surface area (Å²) in [4.78, 5) is 0. The van der Waals surface area contributed by atoms with Crippen molar-refractivity contribution < 1.29 is 0 Å². The maximum atomic E-state index is 3.92. The zero-order valence-corrected chi connectivity index (χ0v) is 7.97. The van der Waals surface area contributed by atoms with E-state index in [1.54, 1.807) is 0 Å². The fourth-order valence-electron chi connectivity index (χ4n) is 3.12. The van der Waals surface area contributed by atoms with Gasteiger partial charge in [-0.15, -0.1) is 6.58 Å². The maximum Gasteiger partial charge on any atom is -0.0233 e. The lowest BCUT2D eigenvalue weighted by molar-refractivity contribution is 0.147. The molecule has 2 fully saturated rings. The van der Waals surface area contributed by atoms with Gasteiger partial charge in [0, 0.05) is 0 Å². The maximum absolute atomic E-state index is 3.92. The summed E-state index contributed by atoms with van der Waals surface area (Å²) in [5.41, 5.74) is 0. The SMILES string of the molecule is C=CC1CCC2CCCCC2C1. The molecule has 2 aliphatic carbocycles. The standard InChI is InChI=1S/C12H20/c1-2-10-7-8-11-5-3-4-6-12(11)9-10/h2,10-12H,1,3-9H2. The second-order valence-corrected chi connectivity index (χ2v) is 4.61. The van der Waals surface area contributed by atoms with Crippen LogP contribution in [0.5, 0.6) is 0 Å². The molecule has 0 aliphatic heterocycles. The van der Waals surface area contributed by atoms with Crippen LogP contribution in [0.15, 0.2) is 12.7 Å². The number of hydrogen-bond donors (Lipinski definition) is 0. The summed E-state index contributed by atoms with van der Waals surface area (Å²) >= 11 is 0. The average molecular weight is 164 g/mol. The van der Waals surface area contributed by atoms with E-state index in [0.717, 1.165) is 17.8 Å². The molecule has 0 heterocycles. The Kier molecular flexibility index (Phi) is 2.53. The molecular weight excluding hydrogens is 144 g/mol. The molecule has 0 amide bonds. The van der Waals surface area contributed by atoms with E-state index in [0.29, 0.717) is 0 Å². The van der Waals surface area contributed by atoms with Gasteiger partial charge in [0.1, 0.15) is 0 Å². The van der Waals surface area contributed by atoms with Crippen molar-refractivity contribution in [3.63, 3.8) is 0 Å². The highest BCUT2D eigenvalue weighted by molar-refractivity contribution is 4.89. The van der Waals surface area contributed by atoms with Gasteiger partial charge in [-0.05, 0) is 37.0 Å². The summed E-state index contributed by atoms with van der Waals surface area (Å²) in [5, 5.41) is 0. The van der Waals surface area contributed by atoms with Gasteiger partial charge in [0.15, 0.2) is 0 Å². The van der Waals surface area contributed by atoms with E-state index in [4.69, 9.17) is 0 Å². The summed E-state index contributed by atoms with van der Waals surface area (Å²) in [5.74, 6) is 3.01. The van der Waals surface area contributed by atoms with E-state index in [1.807, 2.05) is 0 Å². The van der Waals surface area contributed by atoms with Crippen LogP contribution in [-0.4, -0.2) is 0 Å². The topological polar surface area (TPSA) is 0 Å². The first kappa shape index (κ1) is 8.34. The Balaban J connectivity index is 1.93. The van der Waals surface area contributed by atoms with Gasteiger partial charge in [0.25, 0.3) is 0 Å². The van der Waals surface area contributed by atoms with Crippen molar-refractivity contribution in [3.05, 3.63) is 12.7 Å². The van der Waals surface area contributed by atoms with E-state index < -0.39 is 0 Å². The Labute approximate surface area is 76.1 Å². The highest BCUT2D eigenvalue weighted by Gasteiger charge is 2.30. The molecular formula is C12H20. The summed E-state index contributed by atoms with van der Waals surface area (Å²) < 4.78 is 0. The Morgan fingerprint density at radius 1 is 0.917 bits per heavy atom. The largest absolute Gasteiger partial charge is 0.103 e. The van der Waals surface area contributed by atoms with Crippen molar-refractivity contribution >= 4 is 0 Å². The van der Waals surface area contributed by atoms with Crippen molar-refractivity contribution in [1.29, 1.82) is 0 Å². The van der Waals surface area contributed by atoms with Gasteiger partial charge in [-0.25, -0.2) is 0 Å². The molecule has 0 spiro atoms. The Hall–Kier alpha value is -0.260. The molecule has 2 rings (SSSR count). The van der Waals surface area contributed by atoms with Gasteiger partial charge < -0.3 is 0 Å². The van der Waals surface area contributed by atoms with Crippen LogP contribution in [0.4, 0.5) is 0 Å². The number of hydrogen-bond acceptors (Lipinski definition) is 0. The lowest BCUT2D eigenvalue weighted by Gasteiger charge is -2.38. The van der Waals surface area contributed by atoms with Gasteiger partial charge >= 0.3 is 0 Å². The van der Waals surface area contributed by atoms with Crippen molar-refractivity contribution in [2.24, 2.45) is 17.8 Å². The number of fused-ring (bicyclic) bond motifs is 1. The van der Waals surface area contributed by atoms with Crippen LogP contribution in [0.2, 0.25) is 0 Å². The van der Waals surface area contributed by atoms with Gasteiger partial charge in [-0.1, -0.05) is 31.8 Å². The van der Waals surface area contributed by atoms with Crippen molar-refractivity contribution in [2.45, 2.75) is 44.9 Å². The third kappa shape index (κ3) is 1.57. The predicted octanol–water partition coefficient (Wildman–Crippen LogP) is 3.78. The van der Waals surface area contributed by atoms with Crippen LogP contribution >= 0.6 is 0 Å². The minimum absolute atomic E-state index is 0.851. The first-order chi connectivity index (χ1) is 5.90. The molecule has 2 saturated carbocycles. The van der Waals surface area contributed by atoms with Crippen molar-refractivity contribution in [1.82, 2.24) is 0 Å². The molecule has 3 unspecified atom stereocenters. The summed E-state index contributed by atoms with van der Waals surface area (Å²) in [7, 11) is 0. The van der Waals surface area contributed by atoms with Gasteiger partial charge in [-0.2, -0.15) is 0 Å². The third-order valence-corrected chi connectivity index (χ3v) is 3.91. The van der Waals surface area contributed by atoms with E-state index in [1.165, 1.54) is 44.9 Å². The predicted molar refractivity (Wildman–Crippen MR) is 53.0 cm³/mol. The zero-order valence-electron chi connectivity index (χ0n) is 7.97. The fraction of sp³-hybridized carbons (Fsp3) is 0.833. The highest BCUT2D eigenvalue weighted by Crippen LogP contribution is 2.42. The molecule has 0 nitrogen and oxygen atoms in total. The van der Waals surface area contributed by atoms with Gasteiger partial charge in [0.2, 0.25) is 0 Å². The van der Waals surface area contributed by atoms with E-state index in [9.17, 15) is 0 Å². The zero-order chi connectivity index (χ0) is 8.39. The molecule has 12 heavy (non-hydrogen) atoms. The van der Waals surface area contributed by atoms with Gasteiger partial charge in [0.05, 0.1) is 0 Å². The van der Waals surface area contributed by atoms with Crippen molar-refractivity contribution in [2.75, 3.05) is 0 Å². The monoisotopic (exact) mass is 164 g/mol. The number of allylic oxidation sites excluding steroid dienone is 1. The lowest BCUT2D eigenvalue weighted by Crippen LogP contribution is -2.26. The Bertz CT molecular complexity index is 159. The minimum Gasteiger partial charge on any atom is -0.103 e. The Morgan fingerprint density at radius 3 is 2.42 bits per heavy atom. The van der Waals surface area contributed by atoms with Crippen LogP contribution in [0, 0.1) is 17.8 Å². The van der Waals surface area contributed by atoms with Crippen LogP contribution < -0.4 is 0 Å². The average Bonchev–Trinajstić information content (AvgIpc) is 2.17. The first-order valence-electron chi connectivity index (χ1n) is 5.52. The van der Waals surface area contributed by atoms with E-state index >= 15 is 0 Å². The van der Waals surface area contributed by atoms with Gasteiger partial charge in [-0.3, -0.25) is 0 Å². The van der Waals surface area contributed by atoms with Crippen LogP contribution in [0.1, 0.15) is 44.9 Å². The fourth-order valence-corrected chi connectivity index (χ4v) is 3.12. The molecule has 0 aromatic rings. The molecule has 0 N–H and O–H groups in total. The molecule has 0 radical (unpaired) electrons. The van der Waals surface area contributed by atoms with Crippen LogP contribution in [-0.2, 0) is 0 Å². The van der Waals surface area contributed by atoms with Crippen molar-refractivity contribution in [3.8, 4) is 0 Å². The quantitative estimate of drug-likeness (QED) is 0.517. The first-order valence-corrected chi connectivity index (χ1v) is 5.52. The molecule has 3 atom stereocenters. The molecule has 0 aromatic heterocycles. The second kappa shape index (κ2) is 3.64. The third-order valence-electron chi connectivity index (χ3n) is 3.91. The second-order valence-electron chi connectivity index (χ2n) is 4.61. The lowest BCUT2D eigenvalue weighted by atomic mass is 9.67. The van der Waals surface area contributed by atoms with E-state index in [-0.39, 0.29) is 0 Å². The molecule has 68 valence electrons. The highest BCUT2D eigenvalue weighted by atomic mass is 14.4. The van der Waals surface area contributed by atoms with Crippen LogP contribution in [0.3, 0.4) is 0 Å². The summed E-state index contributed by atoms with van der Waals surface area (Å²) in [6, 6.07) is 0. The molecule has 0 bridgehead atoms. The van der Waals surface area contributed by atoms with E-state index in [2.05, 4.69) is 12.7 Å². The Morgan fingerprint density at radius 2 is 1.67 bits per heavy atom. The normalized spacial score (nSPS) is 41.8. The molecule has 0 aromatic carbocycles. The van der Waals surface area contributed by atoms with Crippen LogP contribution in [0.25, 0.3) is 0 Å². The molecule has 2 aliphatic rings. The summed E-state index contributed by atoms with van der Waals surface area (Å²) in [6.07, 6.45) is 12.6. The number of rotatable bonds is 1. The minimum atomic E-state index is 0.851. The smallest absolute Gasteiger partial charge is 0.0233 e. The molecule has 0 saturated heterocycles. The molecule has 0 heteroatoms. The summed E-state index contributed by atoms with van der Waals surface area (Å²) in [6.45, 7) is 3.92.